The van der Waals surface area contributed by atoms with Crippen LogP contribution in [0.3, 0.4) is 0 Å². The Morgan fingerprint density at radius 3 is 2.85 bits per heavy atom. The zero-order valence-corrected chi connectivity index (χ0v) is 11.4. The van der Waals surface area contributed by atoms with Gasteiger partial charge in [-0.2, -0.15) is 0 Å². The summed E-state index contributed by atoms with van der Waals surface area (Å²) >= 11 is 0. The van der Waals surface area contributed by atoms with Crippen LogP contribution < -0.4 is 11.1 Å². The molecule has 1 aromatic rings. The number of hydrogen-bond donors (Lipinski definition) is 3. The Morgan fingerprint density at radius 1 is 1.45 bits per heavy atom. The number of nitrogen functional groups attached to an aromatic ring is 1. The molecule has 6 heteroatoms. The van der Waals surface area contributed by atoms with E-state index in [1.807, 2.05) is 0 Å². The Labute approximate surface area is 117 Å². The summed E-state index contributed by atoms with van der Waals surface area (Å²) in [6.07, 6.45) is 2.09. The number of aromatic carboxylic acids is 1. The first kappa shape index (κ1) is 14.2. The Morgan fingerprint density at radius 2 is 2.20 bits per heavy atom. The maximum absolute atomic E-state index is 12.2. The zero-order valence-electron chi connectivity index (χ0n) is 11.4. The second-order valence-corrected chi connectivity index (χ2v) is 5.23. The molecule has 6 nitrogen and oxygen atoms in total. The number of nitrogens with zero attached hydrogens (tertiary/aromatic N) is 1. The summed E-state index contributed by atoms with van der Waals surface area (Å²) in [6.45, 7) is 3.50. The molecule has 0 radical (unpaired) electrons. The summed E-state index contributed by atoms with van der Waals surface area (Å²) < 4.78 is 0. The number of amides is 2. The van der Waals surface area contributed by atoms with Gasteiger partial charge in [0.05, 0.1) is 11.3 Å². The van der Waals surface area contributed by atoms with Crippen molar-refractivity contribution in [2.24, 2.45) is 5.92 Å². The Bertz CT molecular complexity index is 530. The monoisotopic (exact) mass is 277 g/mol. The molecule has 20 heavy (non-hydrogen) atoms. The van der Waals surface area contributed by atoms with Gasteiger partial charge in [0.1, 0.15) is 0 Å². The van der Waals surface area contributed by atoms with Gasteiger partial charge in [0.15, 0.2) is 0 Å². The second-order valence-electron chi connectivity index (χ2n) is 5.23. The van der Waals surface area contributed by atoms with Crippen molar-refractivity contribution in [1.29, 1.82) is 0 Å². The molecule has 1 aromatic carbocycles. The van der Waals surface area contributed by atoms with Crippen molar-refractivity contribution in [1.82, 2.24) is 4.90 Å². The molecule has 0 aliphatic carbocycles. The van der Waals surface area contributed by atoms with E-state index in [9.17, 15) is 9.59 Å². The van der Waals surface area contributed by atoms with Gasteiger partial charge in [-0.3, -0.25) is 0 Å². The fraction of sp³-hybridized carbons (Fsp3) is 0.429. The highest BCUT2D eigenvalue weighted by molar-refractivity contribution is 6.00. The largest absolute Gasteiger partial charge is 0.478 e. The van der Waals surface area contributed by atoms with Gasteiger partial charge in [-0.25, -0.2) is 9.59 Å². The van der Waals surface area contributed by atoms with Crippen LogP contribution in [0.2, 0.25) is 0 Å². The van der Waals surface area contributed by atoms with Crippen molar-refractivity contribution >= 4 is 23.4 Å². The van der Waals surface area contributed by atoms with Gasteiger partial charge in [0.25, 0.3) is 0 Å². The smallest absolute Gasteiger partial charge is 0.337 e. The number of likely N-dealkylation sites (tertiary alicyclic amines) is 1. The molecule has 0 saturated carbocycles. The number of urea groups is 1. The molecular weight excluding hydrogens is 258 g/mol. The van der Waals surface area contributed by atoms with E-state index < -0.39 is 5.97 Å². The standard InChI is InChI=1S/C14H19N3O3/c1-9-3-2-6-17(8-9)14(20)16-12-5-4-10(15)7-11(12)13(18)19/h4-5,7,9H,2-3,6,8,15H2,1H3,(H,16,20)(H,18,19). The minimum Gasteiger partial charge on any atom is -0.478 e. The van der Waals surface area contributed by atoms with Crippen LogP contribution in [0.4, 0.5) is 16.2 Å². The van der Waals surface area contributed by atoms with Gasteiger partial charge in [0.2, 0.25) is 0 Å². The van der Waals surface area contributed by atoms with Crippen molar-refractivity contribution < 1.29 is 14.7 Å². The summed E-state index contributed by atoms with van der Waals surface area (Å²) in [5.74, 6) is -0.639. The van der Waals surface area contributed by atoms with Crippen molar-refractivity contribution in [2.45, 2.75) is 19.8 Å². The third-order valence-electron chi connectivity index (χ3n) is 3.46. The minimum absolute atomic E-state index is 0.00316. The second kappa shape index (κ2) is 5.81. The lowest BCUT2D eigenvalue weighted by molar-refractivity contribution is 0.0698. The average molecular weight is 277 g/mol. The SMILES string of the molecule is CC1CCCN(C(=O)Nc2ccc(N)cc2C(=O)O)C1. The van der Waals surface area contributed by atoms with Gasteiger partial charge in [-0.15, -0.1) is 0 Å². The van der Waals surface area contributed by atoms with Gasteiger partial charge in [0, 0.05) is 18.8 Å². The van der Waals surface area contributed by atoms with E-state index in [1.165, 1.54) is 12.1 Å². The third-order valence-corrected chi connectivity index (χ3v) is 3.46. The minimum atomic E-state index is -1.11. The Hall–Kier alpha value is -2.24. The highest BCUT2D eigenvalue weighted by Crippen LogP contribution is 2.21. The van der Waals surface area contributed by atoms with Gasteiger partial charge < -0.3 is 21.1 Å². The van der Waals surface area contributed by atoms with Crippen molar-refractivity contribution in [3.05, 3.63) is 23.8 Å². The third kappa shape index (κ3) is 3.20. The lowest BCUT2D eigenvalue weighted by Crippen LogP contribution is -2.41. The number of rotatable bonds is 2. The van der Waals surface area contributed by atoms with Crippen LogP contribution in [0.15, 0.2) is 18.2 Å². The first-order chi connectivity index (χ1) is 9.47. The van der Waals surface area contributed by atoms with Crippen LogP contribution in [-0.4, -0.2) is 35.1 Å². The predicted molar refractivity (Wildman–Crippen MR) is 76.8 cm³/mol. The molecule has 1 aliphatic rings. The lowest BCUT2D eigenvalue weighted by Gasteiger charge is -2.31. The molecule has 0 aromatic heterocycles. The van der Waals surface area contributed by atoms with Crippen LogP contribution in [0.5, 0.6) is 0 Å². The number of piperidine rings is 1. The summed E-state index contributed by atoms with van der Waals surface area (Å²) in [4.78, 5) is 25.0. The summed E-state index contributed by atoms with van der Waals surface area (Å²) in [7, 11) is 0. The molecule has 1 fully saturated rings. The first-order valence-electron chi connectivity index (χ1n) is 6.66. The van der Waals surface area contributed by atoms with Crippen LogP contribution in [0.1, 0.15) is 30.1 Å². The molecular formula is C14H19N3O3. The van der Waals surface area contributed by atoms with Crippen molar-refractivity contribution in [3.63, 3.8) is 0 Å². The lowest BCUT2D eigenvalue weighted by atomic mass is 10.0. The quantitative estimate of drug-likeness (QED) is 0.722. The van der Waals surface area contributed by atoms with Crippen LogP contribution in [0.25, 0.3) is 0 Å². The highest BCUT2D eigenvalue weighted by atomic mass is 16.4. The number of carboxylic acids is 1. The van der Waals surface area contributed by atoms with E-state index in [-0.39, 0.29) is 17.3 Å². The van der Waals surface area contributed by atoms with Crippen molar-refractivity contribution in [3.8, 4) is 0 Å². The van der Waals surface area contributed by atoms with Gasteiger partial charge in [-0.05, 0) is 37.0 Å². The number of nitrogens with two attached hydrogens (primary N) is 1. The number of nitrogens with one attached hydrogen (secondary N) is 1. The van der Waals surface area contributed by atoms with E-state index in [1.54, 1.807) is 11.0 Å². The molecule has 0 bridgehead atoms. The van der Waals surface area contributed by atoms with E-state index in [2.05, 4.69) is 12.2 Å². The molecule has 1 saturated heterocycles. The maximum atomic E-state index is 12.2. The Kier molecular flexibility index (Phi) is 4.12. The van der Waals surface area contributed by atoms with Crippen LogP contribution in [-0.2, 0) is 0 Å². The maximum Gasteiger partial charge on any atom is 0.337 e. The Balaban J connectivity index is 2.13. The van der Waals surface area contributed by atoms with E-state index in [0.717, 1.165) is 12.8 Å². The van der Waals surface area contributed by atoms with E-state index in [0.29, 0.717) is 24.7 Å². The normalized spacial score (nSPS) is 18.6. The fourth-order valence-corrected chi connectivity index (χ4v) is 2.42. The van der Waals surface area contributed by atoms with Gasteiger partial charge in [-0.1, -0.05) is 6.92 Å². The zero-order chi connectivity index (χ0) is 14.7. The number of anilines is 2. The molecule has 1 aliphatic heterocycles. The molecule has 108 valence electrons. The van der Waals surface area contributed by atoms with Gasteiger partial charge >= 0.3 is 12.0 Å². The van der Waals surface area contributed by atoms with E-state index in [4.69, 9.17) is 10.8 Å². The highest BCUT2D eigenvalue weighted by Gasteiger charge is 2.22. The summed E-state index contributed by atoms with van der Waals surface area (Å²) in [5.41, 5.74) is 6.20. The van der Waals surface area contributed by atoms with Crippen LogP contribution in [0, 0.1) is 5.92 Å². The summed E-state index contributed by atoms with van der Waals surface area (Å²) in [5, 5.41) is 11.8. The summed E-state index contributed by atoms with van der Waals surface area (Å²) in [6, 6.07) is 4.17. The number of hydrogen-bond acceptors (Lipinski definition) is 3. The molecule has 2 amide bonds. The molecule has 4 N–H and O–H groups in total. The number of carbonyl (C=O) groups excluding carboxylic acids is 1. The predicted octanol–water partition coefficient (Wildman–Crippen LogP) is 2.23. The molecule has 0 spiro atoms. The first-order valence-corrected chi connectivity index (χ1v) is 6.66. The van der Waals surface area contributed by atoms with E-state index >= 15 is 0 Å². The average Bonchev–Trinajstić information content (AvgIpc) is 2.40. The fourth-order valence-electron chi connectivity index (χ4n) is 2.42. The number of benzene rings is 1. The topological polar surface area (TPSA) is 95.7 Å². The number of carbonyl (C=O) groups is 2. The molecule has 1 heterocycles. The molecule has 1 unspecified atom stereocenters. The number of carboxylic acid groups (broad SMARTS) is 1. The van der Waals surface area contributed by atoms with Crippen LogP contribution >= 0.6 is 0 Å². The molecule has 1 atom stereocenters. The molecule has 2 rings (SSSR count). The van der Waals surface area contributed by atoms with Crippen molar-refractivity contribution in [2.75, 3.05) is 24.1 Å².